The first-order chi connectivity index (χ1) is 11.7. The molecule has 1 aliphatic heterocycles. The number of hydrogen-bond donors (Lipinski definition) is 1. The minimum atomic E-state index is 0.649. The molecule has 3 aromatic heterocycles. The van der Waals surface area contributed by atoms with Crippen molar-refractivity contribution in [1.29, 1.82) is 0 Å². The largest absolute Gasteiger partial charge is 0.354 e. The number of fused-ring (bicyclic) bond motifs is 1. The van der Waals surface area contributed by atoms with Gasteiger partial charge in [-0.05, 0) is 26.3 Å². The Kier molecular flexibility index (Phi) is 4.15. The van der Waals surface area contributed by atoms with Crippen molar-refractivity contribution in [1.82, 2.24) is 29.8 Å². The van der Waals surface area contributed by atoms with Crippen molar-refractivity contribution in [3.63, 3.8) is 0 Å². The molecular weight excluding hydrogens is 322 g/mol. The molecule has 0 aromatic carbocycles. The van der Waals surface area contributed by atoms with Gasteiger partial charge in [0.2, 0.25) is 0 Å². The molecule has 8 heteroatoms. The number of anilines is 1. The van der Waals surface area contributed by atoms with Gasteiger partial charge < -0.3 is 14.8 Å². The van der Waals surface area contributed by atoms with Crippen LogP contribution >= 0.6 is 11.3 Å². The lowest BCUT2D eigenvalue weighted by atomic mass is 10.1. The summed E-state index contributed by atoms with van der Waals surface area (Å²) in [5, 5.41) is 0. The molecule has 0 radical (unpaired) electrons. The zero-order chi connectivity index (χ0) is 16.5. The molecule has 0 bridgehead atoms. The molecular formula is C16H21N7S. The summed E-state index contributed by atoms with van der Waals surface area (Å²) in [7, 11) is 2.19. The second-order valence-corrected chi connectivity index (χ2v) is 7.40. The van der Waals surface area contributed by atoms with E-state index < -0.39 is 0 Å². The Labute approximate surface area is 144 Å². The molecule has 0 unspecified atom stereocenters. The number of nitrogens with one attached hydrogen (secondary N) is 1. The SMILES string of the molecule is Cc1ncsc1CN(C)C[C@@H]1CCN(c2ncnc3nc[nH]c23)C1. The summed E-state index contributed by atoms with van der Waals surface area (Å²) >= 11 is 1.74. The van der Waals surface area contributed by atoms with Crippen molar-refractivity contribution in [2.24, 2.45) is 5.92 Å². The van der Waals surface area contributed by atoms with Gasteiger partial charge in [0, 0.05) is 31.1 Å². The van der Waals surface area contributed by atoms with Gasteiger partial charge in [-0.25, -0.2) is 19.9 Å². The predicted molar refractivity (Wildman–Crippen MR) is 95.2 cm³/mol. The highest BCUT2D eigenvalue weighted by molar-refractivity contribution is 7.09. The average Bonchev–Trinajstić information content (AvgIpc) is 3.29. The first-order valence-corrected chi connectivity index (χ1v) is 9.05. The van der Waals surface area contributed by atoms with E-state index in [2.05, 4.69) is 48.7 Å². The van der Waals surface area contributed by atoms with Crippen molar-refractivity contribution in [2.45, 2.75) is 19.9 Å². The van der Waals surface area contributed by atoms with E-state index in [1.807, 2.05) is 5.51 Å². The van der Waals surface area contributed by atoms with Crippen LogP contribution in [0.25, 0.3) is 11.2 Å². The highest BCUT2D eigenvalue weighted by Crippen LogP contribution is 2.27. The second-order valence-electron chi connectivity index (χ2n) is 6.46. The zero-order valence-electron chi connectivity index (χ0n) is 13.9. The van der Waals surface area contributed by atoms with Gasteiger partial charge in [-0.15, -0.1) is 11.3 Å². The van der Waals surface area contributed by atoms with Gasteiger partial charge in [-0.3, -0.25) is 0 Å². The Morgan fingerprint density at radius 1 is 1.33 bits per heavy atom. The fourth-order valence-electron chi connectivity index (χ4n) is 3.39. The highest BCUT2D eigenvalue weighted by atomic mass is 32.1. The van der Waals surface area contributed by atoms with Crippen LogP contribution in [0.1, 0.15) is 17.0 Å². The molecule has 1 N–H and O–H groups in total. The topological polar surface area (TPSA) is 73.8 Å². The van der Waals surface area contributed by atoms with Crippen molar-refractivity contribution in [2.75, 3.05) is 31.6 Å². The fraction of sp³-hybridized carbons (Fsp3) is 0.500. The maximum atomic E-state index is 4.47. The van der Waals surface area contributed by atoms with Crippen LogP contribution < -0.4 is 4.90 Å². The third-order valence-electron chi connectivity index (χ3n) is 4.62. The van der Waals surface area contributed by atoms with E-state index in [0.717, 1.165) is 48.9 Å². The van der Waals surface area contributed by atoms with Crippen LogP contribution in [0.2, 0.25) is 0 Å². The number of aryl methyl sites for hydroxylation is 1. The van der Waals surface area contributed by atoms with E-state index in [9.17, 15) is 0 Å². The van der Waals surface area contributed by atoms with Crippen molar-refractivity contribution >= 4 is 28.3 Å². The van der Waals surface area contributed by atoms with Crippen LogP contribution in [0.15, 0.2) is 18.2 Å². The standard InChI is InChI=1S/C16H21N7S/c1-11-13(24-10-21-11)7-22(2)5-12-3-4-23(6-12)16-14-15(18-8-17-14)19-9-20-16/h8-10,12H,3-7H2,1-2H3,(H,17,18,19,20)/t12-/m0/s1. The molecule has 0 saturated carbocycles. The summed E-state index contributed by atoms with van der Waals surface area (Å²) in [6.07, 6.45) is 4.47. The van der Waals surface area contributed by atoms with Gasteiger partial charge in [-0.1, -0.05) is 0 Å². The molecule has 0 spiro atoms. The molecule has 4 rings (SSSR count). The van der Waals surface area contributed by atoms with E-state index in [1.54, 1.807) is 24.0 Å². The lowest BCUT2D eigenvalue weighted by Gasteiger charge is -2.21. The second kappa shape index (κ2) is 6.45. The molecule has 24 heavy (non-hydrogen) atoms. The van der Waals surface area contributed by atoms with E-state index in [-0.39, 0.29) is 0 Å². The highest BCUT2D eigenvalue weighted by Gasteiger charge is 2.26. The fourth-order valence-corrected chi connectivity index (χ4v) is 4.25. The van der Waals surface area contributed by atoms with E-state index in [1.165, 1.54) is 11.3 Å². The normalized spacial score (nSPS) is 18.1. The molecule has 1 aliphatic rings. The Balaban J connectivity index is 1.40. The summed E-state index contributed by atoms with van der Waals surface area (Å²) in [5.74, 6) is 1.62. The number of imidazole rings is 1. The van der Waals surface area contributed by atoms with Crippen LogP contribution in [0.4, 0.5) is 5.82 Å². The van der Waals surface area contributed by atoms with Gasteiger partial charge >= 0.3 is 0 Å². The first kappa shape index (κ1) is 15.5. The van der Waals surface area contributed by atoms with Crippen LogP contribution in [-0.4, -0.2) is 56.5 Å². The van der Waals surface area contributed by atoms with Crippen molar-refractivity contribution in [3.8, 4) is 0 Å². The quantitative estimate of drug-likeness (QED) is 0.764. The van der Waals surface area contributed by atoms with Crippen molar-refractivity contribution in [3.05, 3.63) is 28.7 Å². The number of thiazole rings is 1. The van der Waals surface area contributed by atoms with Gasteiger partial charge in [0.05, 0.1) is 17.5 Å². The summed E-state index contributed by atoms with van der Waals surface area (Å²) in [4.78, 5) is 26.5. The van der Waals surface area contributed by atoms with E-state index in [4.69, 9.17) is 0 Å². The Bertz CT molecular complexity index is 827. The van der Waals surface area contributed by atoms with E-state index in [0.29, 0.717) is 5.92 Å². The summed E-state index contributed by atoms with van der Waals surface area (Å²) in [6, 6.07) is 0. The third kappa shape index (κ3) is 2.99. The summed E-state index contributed by atoms with van der Waals surface area (Å²) < 4.78 is 0. The maximum Gasteiger partial charge on any atom is 0.182 e. The molecule has 1 saturated heterocycles. The van der Waals surface area contributed by atoms with Crippen LogP contribution in [-0.2, 0) is 6.54 Å². The predicted octanol–water partition coefficient (Wildman–Crippen LogP) is 2.08. The lowest BCUT2D eigenvalue weighted by molar-refractivity contribution is 0.281. The van der Waals surface area contributed by atoms with Gasteiger partial charge in [0.25, 0.3) is 0 Å². The maximum absolute atomic E-state index is 4.47. The number of nitrogens with zero attached hydrogens (tertiary/aromatic N) is 6. The smallest absolute Gasteiger partial charge is 0.182 e. The van der Waals surface area contributed by atoms with E-state index >= 15 is 0 Å². The number of rotatable bonds is 5. The van der Waals surface area contributed by atoms with Crippen LogP contribution in [0.5, 0.6) is 0 Å². The third-order valence-corrected chi connectivity index (χ3v) is 5.54. The Morgan fingerprint density at radius 3 is 3.08 bits per heavy atom. The lowest BCUT2D eigenvalue weighted by Crippen LogP contribution is -2.28. The number of aromatic nitrogens is 5. The monoisotopic (exact) mass is 343 g/mol. The molecule has 1 atom stereocenters. The Morgan fingerprint density at radius 2 is 2.25 bits per heavy atom. The van der Waals surface area contributed by atoms with Gasteiger partial charge in [0.1, 0.15) is 11.8 Å². The molecule has 1 fully saturated rings. The first-order valence-electron chi connectivity index (χ1n) is 8.17. The van der Waals surface area contributed by atoms with Crippen LogP contribution in [0, 0.1) is 12.8 Å². The number of aromatic amines is 1. The van der Waals surface area contributed by atoms with Crippen LogP contribution in [0.3, 0.4) is 0 Å². The van der Waals surface area contributed by atoms with Crippen molar-refractivity contribution < 1.29 is 0 Å². The molecule has 0 amide bonds. The Hall–Kier alpha value is -2.06. The van der Waals surface area contributed by atoms with Gasteiger partial charge in [0.15, 0.2) is 11.5 Å². The minimum absolute atomic E-state index is 0.649. The minimum Gasteiger partial charge on any atom is -0.354 e. The zero-order valence-corrected chi connectivity index (χ0v) is 14.8. The molecule has 126 valence electrons. The molecule has 7 nitrogen and oxygen atoms in total. The molecule has 0 aliphatic carbocycles. The van der Waals surface area contributed by atoms with Gasteiger partial charge in [-0.2, -0.15) is 0 Å². The summed E-state index contributed by atoms with van der Waals surface area (Å²) in [5.41, 5.74) is 4.76. The number of hydrogen-bond acceptors (Lipinski definition) is 7. The molecule has 4 heterocycles. The average molecular weight is 343 g/mol. The number of H-pyrrole nitrogens is 1. The molecule has 3 aromatic rings. The summed E-state index contributed by atoms with van der Waals surface area (Å²) in [6.45, 7) is 6.21.